The first-order valence-electron chi connectivity index (χ1n) is 5.18. The normalized spacial score (nSPS) is 11.3. The van der Waals surface area contributed by atoms with E-state index in [-0.39, 0.29) is 4.21 Å². The molecule has 0 atom stereocenters. The van der Waals surface area contributed by atoms with Crippen molar-refractivity contribution in [3.63, 3.8) is 0 Å². The summed E-state index contributed by atoms with van der Waals surface area (Å²) in [6.45, 7) is 0. The van der Waals surface area contributed by atoms with Gasteiger partial charge in [-0.2, -0.15) is 0 Å². The van der Waals surface area contributed by atoms with Gasteiger partial charge in [-0.05, 0) is 46.3 Å². The Morgan fingerprint density at radius 2 is 1.79 bits per heavy atom. The summed E-state index contributed by atoms with van der Waals surface area (Å²) in [5.74, 6) is 0. The molecule has 0 aliphatic rings. The Bertz CT molecular complexity index is 664. The van der Waals surface area contributed by atoms with E-state index in [1.54, 1.807) is 31.3 Å². The van der Waals surface area contributed by atoms with Gasteiger partial charge in [0.1, 0.15) is 4.21 Å². The molecule has 2 N–H and O–H groups in total. The second-order valence-electron chi connectivity index (χ2n) is 3.62. The highest BCUT2D eigenvalue weighted by Crippen LogP contribution is 2.35. The van der Waals surface area contributed by atoms with Crippen LogP contribution in [0.15, 0.2) is 38.3 Å². The number of rotatable bonds is 4. The predicted molar refractivity (Wildman–Crippen MR) is 83.8 cm³/mol. The third kappa shape index (κ3) is 3.42. The largest absolute Gasteiger partial charge is 0.388 e. The van der Waals surface area contributed by atoms with Crippen LogP contribution in [-0.4, -0.2) is 15.5 Å². The van der Waals surface area contributed by atoms with Crippen molar-refractivity contribution in [3.8, 4) is 0 Å². The number of hydrogen-bond donors (Lipinski definition) is 2. The summed E-state index contributed by atoms with van der Waals surface area (Å²) >= 11 is 10.1. The molecule has 4 nitrogen and oxygen atoms in total. The van der Waals surface area contributed by atoms with Crippen LogP contribution in [0.3, 0.4) is 0 Å². The van der Waals surface area contributed by atoms with Crippen LogP contribution in [0.2, 0.25) is 5.02 Å². The maximum atomic E-state index is 12.1. The van der Waals surface area contributed by atoms with Crippen LogP contribution in [-0.2, 0) is 10.0 Å². The topological polar surface area (TPSA) is 58.2 Å². The Hall–Kier alpha value is -0.760. The lowest BCUT2D eigenvalue weighted by Crippen LogP contribution is -2.11. The van der Waals surface area contributed by atoms with Crippen LogP contribution < -0.4 is 10.0 Å². The van der Waals surface area contributed by atoms with Gasteiger partial charge in [0.15, 0.2) is 0 Å². The number of hydrogen-bond acceptors (Lipinski definition) is 4. The smallest absolute Gasteiger partial charge is 0.271 e. The molecule has 0 aliphatic heterocycles. The zero-order valence-electron chi connectivity index (χ0n) is 9.78. The molecule has 0 saturated carbocycles. The van der Waals surface area contributed by atoms with E-state index in [9.17, 15) is 8.42 Å². The van der Waals surface area contributed by atoms with Crippen molar-refractivity contribution < 1.29 is 8.42 Å². The van der Waals surface area contributed by atoms with E-state index in [1.165, 1.54) is 6.07 Å². The van der Waals surface area contributed by atoms with Crippen molar-refractivity contribution in [2.45, 2.75) is 4.21 Å². The van der Waals surface area contributed by atoms with E-state index in [2.05, 4.69) is 26.0 Å². The summed E-state index contributed by atoms with van der Waals surface area (Å²) in [7, 11) is -1.80. The van der Waals surface area contributed by atoms with E-state index >= 15 is 0 Å². The Labute approximate surface area is 129 Å². The summed E-state index contributed by atoms with van der Waals surface area (Å²) in [6.07, 6.45) is 0. The van der Waals surface area contributed by atoms with E-state index in [0.717, 1.165) is 17.0 Å². The molecule has 0 bridgehead atoms. The fourth-order valence-electron chi connectivity index (χ4n) is 1.37. The predicted octanol–water partition coefficient (Wildman–Crippen LogP) is 4.01. The Balaban J connectivity index is 2.25. The first-order chi connectivity index (χ1) is 8.92. The van der Waals surface area contributed by atoms with Crippen LogP contribution in [0.25, 0.3) is 0 Å². The minimum Gasteiger partial charge on any atom is -0.388 e. The first kappa shape index (κ1) is 14.6. The van der Waals surface area contributed by atoms with Crippen LogP contribution in [0.1, 0.15) is 0 Å². The fourth-order valence-corrected chi connectivity index (χ4v) is 4.83. The Morgan fingerprint density at radius 1 is 1.21 bits per heavy atom. The van der Waals surface area contributed by atoms with Gasteiger partial charge in [-0.1, -0.05) is 11.6 Å². The molecule has 2 aromatic rings. The third-order valence-corrected chi connectivity index (χ3v) is 6.64. The van der Waals surface area contributed by atoms with Crippen LogP contribution in [0.5, 0.6) is 0 Å². The number of thiophene rings is 1. The maximum absolute atomic E-state index is 12.1. The second kappa shape index (κ2) is 5.70. The molecule has 0 fully saturated rings. The molecular weight excluding hydrogens is 372 g/mol. The molecular formula is C11H10BrClN2O2S2. The Morgan fingerprint density at radius 3 is 2.26 bits per heavy atom. The summed E-state index contributed by atoms with van der Waals surface area (Å²) < 4.78 is 27.5. The van der Waals surface area contributed by atoms with E-state index in [1.807, 2.05) is 0 Å². The van der Waals surface area contributed by atoms with Gasteiger partial charge in [0.05, 0.1) is 8.81 Å². The quantitative estimate of drug-likeness (QED) is 0.841. The van der Waals surface area contributed by atoms with Gasteiger partial charge in [-0.25, -0.2) is 8.42 Å². The molecule has 0 amide bonds. The van der Waals surface area contributed by atoms with Crippen molar-refractivity contribution in [1.29, 1.82) is 0 Å². The molecule has 1 aromatic heterocycles. The lowest BCUT2D eigenvalue weighted by atomic mass is 10.3. The Kier molecular flexibility index (Phi) is 4.39. The molecule has 0 aliphatic carbocycles. The molecule has 19 heavy (non-hydrogen) atoms. The minimum atomic E-state index is -3.60. The lowest BCUT2D eigenvalue weighted by Gasteiger charge is -2.07. The van der Waals surface area contributed by atoms with E-state index in [0.29, 0.717) is 14.5 Å². The van der Waals surface area contributed by atoms with E-state index in [4.69, 9.17) is 11.6 Å². The third-order valence-electron chi connectivity index (χ3n) is 2.31. The second-order valence-corrected chi connectivity index (χ2v) is 8.31. The standard InChI is InChI=1S/C11H10BrClN2O2S2/c1-14-7-2-4-8(5-3-7)15-19(16,17)10-6-9(13)11(12)18-10/h2-6,14-15H,1H3. The molecule has 102 valence electrons. The van der Waals surface area contributed by atoms with Gasteiger partial charge in [0.2, 0.25) is 0 Å². The highest BCUT2D eigenvalue weighted by Gasteiger charge is 2.19. The van der Waals surface area contributed by atoms with Crippen molar-refractivity contribution >= 4 is 60.3 Å². The molecule has 0 saturated heterocycles. The van der Waals surface area contributed by atoms with Crippen molar-refractivity contribution in [2.75, 3.05) is 17.1 Å². The summed E-state index contributed by atoms with van der Waals surface area (Å²) in [5.41, 5.74) is 1.41. The van der Waals surface area contributed by atoms with Gasteiger partial charge in [0.25, 0.3) is 10.0 Å². The highest BCUT2D eigenvalue weighted by molar-refractivity contribution is 9.11. The summed E-state index contributed by atoms with van der Waals surface area (Å²) in [4.78, 5) is 0. The number of sulfonamides is 1. The van der Waals surface area contributed by atoms with Crippen LogP contribution in [0, 0.1) is 0 Å². The van der Waals surface area contributed by atoms with Gasteiger partial charge in [0, 0.05) is 18.4 Å². The SMILES string of the molecule is CNc1ccc(NS(=O)(=O)c2cc(Cl)c(Br)s2)cc1. The van der Waals surface area contributed by atoms with Gasteiger partial charge in [-0.15, -0.1) is 11.3 Å². The van der Waals surface area contributed by atoms with Gasteiger partial charge < -0.3 is 5.32 Å². The average molecular weight is 382 g/mol. The maximum Gasteiger partial charge on any atom is 0.271 e. The lowest BCUT2D eigenvalue weighted by molar-refractivity contribution is 0.603. The minimum absolute atomic E-state index is 0.169. The van der Waals surface area contributed by atoms with Crippen molar-refractivity contribution in [2.24, 2.45) is 0 Å². The summed E-state index contributed by atoms with van der Waals surface area (Å²) in [5, 5.41) is 3.35. The molecule has 8 heteroatoms. The molecule has 1 heterocycles. The molecule has 0 unspecified atom stereocenters. The monoisotopic (exact) mass is 380 g/mol. The van der Waals surface area contributed by atoms with Crippen LogP contribution >= 0.6 is 38.9 Å². The zero-order chi connectivity index (χ0) is 14.0. The number of nitrogens with one attached hydrogen (secondary N) is 2. The highest BCUT2D eigenvalue weighted by atomic mass is 79.9. The average Bonchev–Trinajstić information content (AvgIpc) is 2.71. The summed E-state index contributed by atoms with van der Waals surface area (Å²) in [6, 6.07) is 8.37. The zero-order valence-corrected chi connectivity index (χ0v) is 13.8. The van der Waals surface area contributed by atoms with Crippen molar-refractivity contribution in [1.82, 2.24) is 0 Å². The molecule has 2 rings (SSSR count). The number of anilines is 2. The number of benzene rings is 1. The van der Waals surface area contributed by atoms with E-state index < -0.39 is 10.0 Å². The van der Waals surface area contributed by atoms with Crippen LogP contribution in [0.4, 0.5) is 11.4 Å². The van der Waals surface area contributed by atoms with Crippen molar-refractivity contribution in [3.05, 3.63) is 39.1 Å². The molecule has 0 spiro atoms. The molecule has 0 radical (unpaired) electrons. The molecule has 1 aromatic carbocycles. The number of halogens is 2. The van der Waals surface area contributed by atoms with Gasteiger partial charge >= 0.3 is 0 Å². The van der Waals surface area contributed by atoms with Gasteiger partial charge in [-0.3, -0.25) is 4.72 Å². The first-order valence-corrected chi connectivity index (χ1v) is 8.65. The fraction of sp³-hybridized carbons (Fsp3) is 0.0909.